The van der Waals surface area contributed by atoms with Crippen LogP contribution in [0.1, 0.15) is 40.9 Å². The number of ketones is 1. The van der Waals surface area contributed by atoms with Gasteiger partial charge in [-0.3, -0.25) is 10.1 Å². The second-order valence-corrected chi connectivity index (χ2v) is 5.75. The van der Waals surface area contributed by atoms with Crippen LogP contribution in [0.5, 0.6) is 0 Å². The number of fused-ring (bicyclic) bond motifs is 1. The van der Waals surface area contributed by atoms with E-state index in [0.29, 0.717) is 12.1 Å². The molecule has 1 aliphatic rings. The molecule has 0 saturated heterocycles. The Balaban J connectivity index is 2.60. The highest BCUT2D eigenvalue weighted by Gasteiger charge is 2.40. The van der Waals surface area contributed by atoms with Crippen molar-refractivity contribution in [1.29, 1.82) is 0 Å². The standard InChI is InChI=1S/C15H19NO3/c1-8-6-9(2)12(16-14(18)19-5)10-7-15(3,4)13(17)11(8)10/h6H,7H2,1-5H3,(H,16,18). The van der Waals surface area contributed by atoms with Gasteiger partial charge in [0, 0.05) is 11.0 Å². The van der Waals surface area contributed by atoms with Crippen LogP contribution in [-0.2, 0) is 11.2 Å². The number of carbonyl (C=O) groups excluding carboxylic acids is 2. The van der Waals surface area contributed by atoms with E-state index in [9.17, 15) is 9.59 Å². The van der Waals surface area contributed by atoms with Crippen molar-refractivity contribution in [3.8, 4) is 0 Å². The van der Waals surface area contributed by atoms with Gasteiger partial charge in [-0.1, -0.05) is 19.9 Å². The van der Waals surface area contributed by atoms with Crippen LogP contribution in [0, 0.1) is 19.3 Å². The van der Waals surface area contributed by atoms with E-state index in [1.54, 1.807) is 0 Å². The van der Waals surface area contributed by atoms with Crippen LogP contribution in [-0.4, -0.2) is 19.0 Å². The van der Waals surface area contributed by atoms with Gasteiger partial charge in [0.1, 0.15) is 0 Å². The van der Waals surface area contributed by atoms with Gasteiger partial charge in [-0.2, -0.15) is 0 Å². The first-order valence-corrected chi connectivity index (χ1v) is 6.31. The molecule has 0 heterocycles. The Kier molecular flexibility index (Phi) is 3.12. The monoisotopic (exact) mass is 261 g/mol. The molecule has 0 saturated carbocycles. The molecule has 2 rings (SSSR count). The van der Waals surface area contributed by atoms with E-state index < -0.39 is 11.5 Å². The normalized spacial score (nSPS) is 16.2. The molecule has 0 bridgehead atoms. The number of benzene rings is 1. The Morgan fingerprint density at radius 3 is 2.53 bits per heavy atom. The molecule has 4 heteroatoms. The van der Waals surface area contributed by atoms with Gasteiger partial charge < -0.3 is 4.74 Å². The largest absolute Gasteiger partial charge is 0.453 e. The summed E-state index contributed by atoms with van der Waals surface area (Å²) in [7, 11) is 1.33. The first-order valence-electron chi connectivity index (χ1n) is 6.31. The van der Waals surface area contributed by atoms with Crippen molar-refractivity contribution in [3.63, 3.8) is 0 Å². The topological polar surface area (TPSA) is 55.4 Å². The highest BCUT2D eigenvalue weighted by Crippen LogP contribution is 2.42. The maximum absolute atomic E-state index is 12.4. The summed E-state index contributed by atoms with van der Waals surface area (Å²) < 4.78 is 4.64. The number of aryl methyl sites for hydroxylation is 2. The maximum Gasteiger partial charge on any atom is 0.411 e. The summed E-state index contributed by atoms with van der Waals surface area (Å²) in [4.78, 5) is 23.9. The number of Topliss-reactive ketones (excluding diaryl/α,β-unsaturated/α-hetero) is 1. The third-order valence-electron chi connectivity index (χ3n) is 3.70. The molecule has 1 aliphatic carbocycles. The van der Waals surface area contributed by atoms with E-state index in [2.05, 4.69) is 10.1 Å². The fourth-order valence-corrected chi connectivity index (χ4v) is 2.75. The van der Waals surface area contributed by atoms with E-state index in [1.165, 1.54) is 7.11 Å². The minimum absolute atomic E-state index is 0.146. The Morgan fingerprint density at radius 2 is 1.95 bits per heavy atom. The Labute approximate surface area is 113 Å². The van der Waals surface area contributed by atoms with Crippen LogP contribution in [0.3, 0.4) is 0 Å². The van der Waals surface area contributed by atoms with Crippen LogP contribution in [0.4, 0.5) is 10.5 Å². The number of hydrogen-bond donors (Lipinski definition) is 1. The van der Waals surface area contributed by atoms with Gasteiger partial charge in [-0.15, -0.1) is 0 Å². The minimum atomic E-state index is -0.508. The number of rotatable bonds is 1. The van der Waals surface area contributed by atoms with Crippen LogP contribution in [0.2, 0.25) is 0 Å². The van der Waals surface area contributed by atoms with Crippen LogP contribution in [0.15, 0.2) is 6.07 Å². The Morgan fingerprint density at radius 1 is 1.32 bits per heavy atom. The molecule has 0 spiro atoms. The molecule has 0 atom stereocenters. The van der Waals surface area contributed by atoms with Crippen molar-refractivity contribution in [2.24, 2.45) is 5.41 Å². The molecule has 19 heavy (non-hydrogen) atoms. The molecule has 1 aromatic rings. The zero-order chi connectivity index (χ0) is 14.4. The van der Waals surface area contributed by atoms with E-state index in [1.807, 2.05) is 33.8 Å². The van der Waals surface area contributed by atoms with Crippen LogP contribution >= 0.6 is 0 Å². The van der Waals surface area contributed by atoms with Gasteiger partial charge in [0.15, 0.2) is 5.78 Å². The van der Waals surface area contributed by atoms with Gasteiger partial charge in [0.25, 0.3) is 0 Å². The fraction of sp³-hybridized carbons (Fsp3) is 0.467. The van der Waals surface area contributed by atoms with Crippen molar-refractivity contribution in [3.05, 3.63) is 28.3 Å². The van der Waals surface area contributed by atoms with Crippen molar-refractivity contribution < 1.29 is 14.3 Å². The second kappa shape index (κ2) is 4.37. The Hall–Kier alpha value is -1.84. The third-order valence-corrected chi connectivity index (χ3v) is 3.70. The van der Waals surface area contributed by atoms with Gasteiger partial charge in [-0.25, -0.2) is 4.79 Å². The number of ether oxygens (including phenoxy) is 1. The fourth-order valence-electron chi connectivity index (χ4n) is 2.75. The summed E-state index contributed by atoms with van der Waals surface area (Å²) in [5.74, 6) is 0.146. The summed E-state index contributed by atoms with van der Waals surface area (Å²) in [6.45, 7) is 7.74. The van der Waals surface area contributed by atoms with E-state index in [4.69, 9.17) is 0 Å². The average Bonchev–Trinajstić information content (AvgIpc) is 2.56. The number of methoxy groups -OCH3 is 1. The first-order chi connectivity index (χ1) is 8.77. The predicted octanol–water partition coefficient (Wildman–Crippen LogP) is 3.25. The maximum atomic E-state index is 12.4. The van der Waals surface area contributed by atoms with Gasteiger partial charge in [0.2, 0.25) is 0 Å². The van der Waals surface area contributed by atoms with Crippen LogP contribution in [0.25, 0.3) is 0 Å². The quantitative estimate of drug-likeness (QED) is 0.844. The Bertz CT molecular complexity index is 573. The average molecular weight is 261 g/mol. The van der Waals surface area contributed by atoms with Crippen molar-refractivity contribution in [2.45, 2.75) is 34.1 Å². The molecule has 0 fully saturated rings. The second-order valence-electron chi connectivity index (χ2n) is 5.75. The smallest absolute Gasteiger partial charge is 0.411 e. The van der Waals surface area contributed by atoms with E-state index in [-0.39, 0.29) is 5.78 Å². The van der Waals surface area contributed by atoms with E-state index in [0.717, 1.165) is 22.3 Å². The lowest BCUT2D eigenvalue weighted by Gasteiger charge is -2.15. The van der Waals surface area contributed by atoms with Crippen molar-refractivity contribution in [1.82, 2.24) is 0 Å². The molecule has 102 valence electrons. The number of anilines is 1. The summed E-state index contributed by atoms with van der Waals surface area (Å²) >= 11 is 0. The summed E-state index contributed by atoms with van der Waals surface area (Å²) in [6, 6.07) is 1.93. The molecule has 0 unspecified atom stereocenters. The van der Waals surface area contributed by atoms with Crippen molar-refractivity contribution >= 4 is 17.6 Å². The minimum Gasteiger partial charge on any atom is -0.453 e. The SMILES string of the molecule is COC(=O)Nc1c(C)cc(C)c2c1CC(C)(C)C2=O. The van der Waals surface area contributed by atoms with Gasteiger partial charge in [-0.05, 0) is 37.0 Å². The highest BCUT2D eigenvalue weighted by atomic mass is 16.5. The molecule has 0 aromatic heterocycles. The van der Waals surface area contributed by atoms with E-state index >= 15 is 0 Å². The van der Waals surface area contributed by atoms with Gasteiger partial charge in [0.05, 0.1) is 12.8 Å². The molecular weight excluding hydrogens is 242 g/mol. The molecule has 1 amide bonds. The lowest BCUT2D eigenvalue weighted by atomic mass is 9.88. The van der Waals surface area contributed by atoms with Crippen LogP contribution < -0.4 is 5.32 Å². The molecule has 1 N–H and O–H groups in total. The number of nitrogens with one attached hydrogen (secondary N) is 1. The van der Waals surface area contributed by atoms with Gasteiger partial charge >= 0.3 is 6.09 Å². The summed E-state index contributed by atoms with van der Waals surface area (Å²) in [5, 5.41) is 2.73. The predicted molar refractivity (Wildman–Crippen MR) is 73.8 cm³/mol. The zero-order valence-corrected chi connectivity index (χ0v) is 12.0. The third kappa shape index (κ3) is 2.11. The summed E-state index contributed by atoms with van der Waals surface area (Å²) in [6.07, 6.45) is 0.134. The highest BCUT2D eigenvalue weighted by molar-refractivity contribution is 6.08. The number of carbonyl (C=O) groups is 2. The summed E-state index contributed by atoms with van der Waals surface area (Å²) in [5.41, 5.74) is 3.91. The lowest BCUT2D eigenvalue weighted by Crippen LogP contribution is -2.19. The molecular formula is C15H19NO3. The zero-order valence-electron chi connectivity index (χ0n) is 12.0. The molecule has 4 nitrogen and oxygen atoms in total. The lowest BCUT2D eigenvalue weighted by molar-refractivity contribution is 0.0863. The molecule has 0 aliphatic heterocycles. The number of hydrogen-bond acceptors (Lipinski definition) is 3. The van der Waals surface area contributed by atoms with Crippen molar-refractivity contribution in [2.75, 3.05) is 12.4 Å². The molecule has 0 radical (unpaired) electrons. The molecule has 1 aromatic carbocycles. The number of amides is 1. The first kappa shape index (κ1) is 13.6.